The van der Waals surface area contributed by atoms with Gasteiger partial charge in [0.1, 0.15) is 6.33 Å². The van der Waals surface area contributed by atoms with Gasteiger partial charge < -0.3 is 15.2 Å². The summed E-state index contributed by atoms with van der Waals surface area (Å²) < 4.78 is 1.87. The largest absolute Gasteiger partial charge is 0.356 e. The molecule has 0 aliphatic heterocycles. The molecule has 0 atom stereocenters. The quantitative estimate of drug-likeness (QED) is 0.225. The van der Waals surface area contributed by atoms with Crippen molar-refractivity contribution in [3.63, 3.8) is 0 Å². The molecule has 2 rings (SSSR count). The number of aryl methyl sites for hydroxylation is 1. The van der Waals surface area contributed by atoms with Gasteiger partial charge in [0, 0.05) is 36.3 Å². The van der Waals surface area contributed by atoms with Crippen molar-refractivity contribution >= 4 is 53.3 Å². The number of aromatic nitrogens is 3. The molecule has 126 valence electrons. The zero-order valence-corrected chi connectivity index (χ0v) is 16.9. The number of hydrogen-bond donors (Lipinski definition) is 2. The molecule has 0 fully saturated rings. The second-order valence-corrected chi connectivity index (χ2v) is 6.12. The summed E-state index contributed by atoms with van der Waals surface area (Å²) in [5.74, 6) is 2.55. The average molecular weight is 467 g/mol. The molecule has 1 heterocycles. The Morgan fingerprint density at radius 1 is 1.30 bits per heavy atom. The molecule has 0 aliphatic rings. The molecule has 0 amide bonds. The Bertz CT molecular complexity index is 616. The maximum Gasteiger partial charge on any atom is 0.191 e. The van der Waals surface area contributed by atoms with Gasteiger partial charge in [-0.2, -0.15) is 0 Å². The average Bonchev–Trinajstić information content (AvgIpc) is 2.93. The van der Waals surface area contributed by atoms with E-state index in [9.17, 15) is 0 Å². The van der Waals surface area contributed by atoms with Crippen molar-refractivity contribution in [2.24, 2.45) is 12.0 Å². The highest BCUT2D eigenvalue weighted by molar-refractivity contribution is 14.0. The lowest BCUT2D eigenvalue weighted by Crippen LogP contribution is -2.38. The smallest absolute Gasteiger partial charge is 0.191 e. The van der Waals surface area contributed by atoms with E-state index in [1.165, 1.54) is 4.90 Å². The summed E-state index contributed by atoms with van der Waals surface area (Å²) in [5, 5.41) is 15.1. The summed E-state index contributed by atoms with van der Waals surface area (Å²) in [6.07, 6.45) is 1.68. The van der Waals surface area contributed by atoms with Crippen LogP contribution in [0.15, 0.2) is 40.5 Å². The van der Waals surface area contributed by atoms with Gasteiger partial charge in [-0.3, -0.25) is 4.99 Å². The van der Waals surface area contributed by atoms with Crippen LogP contribution in [-0.4, -0.2) is 40.1 Å². The molecule has 0 saturated carbocycles. The zero-order chi connectivity index (χ0) is 15.8. The molecule has 0 aliphatic carbocycles. The number of rotatable bonds is 6. The van der Waals surface area contributed by atoms with Crippen molar-refractivity contribution in [1.29, 1.82) is 0 Å². The van der Waals surface area contributed by atoms with Crippen molar-refractivity contribution < 1.29 is 0 Å². The van der Waals surface area contributed by atoms with E-state index in [4.69, 9.17) is 11.6 Å². The molecule has 0 spiro atoms. The van der Waals surface area contributed by atoms with E-state index in [0.29, 0.717) is 6.54 Å². The first kappa shape index (κ1) is 20.0. The summed E-state index contributed by atoms with van der Waals surface area (Å²) >= 11 is 7.63. The molecule has 1 aromatic heterocycles. The summed E-state index contributed by atoms with van der Waals surface area (Å²) in [7, 11) is 3.66. The number of benzene rings is 1. The van der Waals surface area contributed by atoms with Crippen LogP contribution in [0.5, 0.6) is 0 Å². The van der Waals surface area contributed by atoms with Crippen LogP contribution < -0.4 is 10.6 Å². The molecule has 0 bridgehead atoms. The molecule has 9 heteroatoms. The fourth-order valence-corrected chi connectivity index (χ4v) is 2.61. The van der Waals surface area contributed by atoms with Crippen molar-refractivity contribution in [3.8, 4) is 0 Å². The van der Waals surface area contributed by atoms with Crippen LogP contribution in [0.2, 0.25) is 5.02 Å². The molecular weight excluding hydrogens is 447 g/mol. The van der Waals surface area contributed by atoms with Gasteiger partial charge in [-0.05, 0) is 24.3 Å². The highest BCUT2D eigenvalue weighted by Gasteiger charge is 2.02. The molecule has 0 radical (unpaired) electrons. The summed E-state index contributed by atoms with van der Waals surface area (Å²) in [6, 6.07) is 7.85. The first-order valence-electron chi connectivity index (χ1n) is 6.85. The van der Waals surface area contributed by atoms with Gasteiger partial charge in [0.25, 0.3) is 0 Å². The van der Waals surface area contributed by atoms with Gasteiger partial charge in [-0.1, -0.05) is 11.6 Å². The normalized spacial score (nSPS) is 11.0. The molecule has 23 heavy (non-hydrogen) atoms. The van der Waals surface area contributed by atoms with Crippen molar-refractivity contribution in [3.05, 3.63) is 41.4 Å². The molecule has 0 saturated heterocycles. The minimum absolute atomic E-state index is 0. The van der Waals surface area contributed by atoms with Crippen LogP contribution >= 0.6 is 47.3 Å². The molecule has 2 aromatic rings. The first-order valence-corrected chi connectivity index (χ1v) is 8.21. The summed E-state index contributed by atoms with van der Waals surface area (Å²) in [6.45, 7) is 1.40. The molecule has 6 nitrogen and oxygen atoms in total. The van der Waals surface area contributed by atoms with Gasteiger partial charge in [-0.15, -0.1) is 45.9 Å². The molecule has 1 aromatic carbocycles. The number of nitrogens with zero attached hydrogens (tertiary/aromatic N) is 4. The van der Waals surface area contributed by atoms with Crippen LogP contribution in [0.1, 0.15) is 5.82 Å². The topological polar surface area (TPSA) is 67.1 Å². The number of aliphatic imine (C=N–C) groups is 1. The molecule has 2 N–H and O–H groups in total. The van der Waals surface area contributed by atoms with Gasteiger partial charge in [0.15, 0.2) is 11.8 Å². The lowest BCUT2D eigenvalue weighted by molar-refractivity contribution is 0.731. The minimum Gasteiger partial charge on any atom is -0.356 e. The fourth-order valence-electron chi connectivity index (χ4n) is 1.72. The highest BCUT2D eigenvalue weighted by atomic mass is 127. The minimum atomic E-state index is 0. The van der Waals surface area contributed by atoms with Gasteiger partial charge in [0.05, 0.1) is 6.54 Å². The van der Waals surface area contributed by atoms with Gasteiger partial charge in [-0.25, -0.2) is 0 Å². The number of nitrogens with one attached hydrogen (secondary N) is 2. The monoisotopic (exact) mass is 466 g/mol. The lowest BCUT2D eigenvalue weighted by atomic mass is 10.4. The van der Waals surface area contributed by atoms with Crippen molar-refractivity contribution in [2.45, 2.75) is 11.4 Å². The van der Waals surface area contributed by atoms with Gasteiger partial charge >= 0.3 is 0 Å². The second-order valence-electron chi connectivity index (χ2n) is 4.51. The van der Waals surface area contributed by atoms with E-state index >= 15 is 0 Å². The SMILES string of the molecule is CN=C(NCCSc1ccc(Cl)cc1)NCc1nncn1C.I. The Labute approximate surface area is 162 Å². The zero-order valence-electron chi connectivity index (χ0n) is 13.0. The Morgan fingerprint density at radius 2 is 2.04 bits per heavy atom. The van der Waals surface area contributed by atoms with Gasteiger partial charge in [0.2, 0.25) is 0 Å². The highest BCUT2D eigenvalue weighted by Crippen LogP contribution is 2.19. The molecular formula is C14H20ClIN6S. The van der Waals surface area contributed by atoms with Crippen LogP contribution in [0.3, 0.4) is 0 Å². The van der Waals surface area contributed by atoms with E-state index in [1.807, 2.05) is 35.9 Å². The van der Waals surface area contributed by atoms with E-state index < -0.39 is 0 Å². The van der Waals surface area contributed by atoms with E-state index in [2.05, 4.69) is 25.8 Å². The standard InChI is InChI=1S/C14H19ClN6S.HI/c1-16-14(18-9-13-20-19-10-21(13)2)17-7-8-22-12-5-3-11(15)4-6-12;/h3-6,10H,7-9H2,1-2H3,(H2,16,17,18);1H. The van der Waals surface area contributed by atoms with Crippen LogP contribution in [-0.2, 0) is 13.6 Å². The first-order chi connectivity index (χ1) is 10.7. The number of thioether (sulfide) groups is 1. The van der Waals surface area contributed by atoms with Crippen molar-refractivity contribution in [2.75, 3.05) is 19.3 Å². The number of hydrogen-bond acceptors (Lipinski definition) is 4. The van der Waals surface area contributed by atoms with Crippen LogP contribution in [0, 0.1) is 0 Å². The Balaban J connectivity index is 0.00000264. The second kappa shape index (κ2) is 10.7. The third-order valence-corrected chi connectivity index (χ3v) is 4.19. The maximum atomic E-state index is 5.86. The summed E-state index contributed by atoms with van der Waals surface area (Å²) in [4.78, 5) is 5.39. The van der Waals surface area contributed by atoms with Crippen LogP contribution in [0.4, 0.5) is 0 Å². The third-order valence-electron chi connectivity index (χ3n) is 2.92. The van der Waals surface area contributed by atoms with E-state index in [-0.39, 0.29) is 24.0 Å². The van der Waals surface area contributed by atoms with Crippen LogP contribution in [0.25, 0.3) is 0 Å². The van der Waals surface area contributed by atoms with E-state index in [1.54, 1.807) is 25.1 Å². The predicted octanol–water partition coefficient (Wildman–Crippen LogP) is 2.54. The number of halogens is 2. The molecule has 0 unspecified atom stereocenters. The maximum absolute atomic E-state index is 5.86. The Hall–Kier alpha value is -1.000. The Morgan fingerprint density at radius 3 is 2.65 bits per heavy atom. The van der Waals surface area contributed by atoms with E-state index in [0.717, 1.165) is 29.1 Å². The Kier molecular flexibility index (Phi) is 9.34. The lowest BCUT2D eigenvalue weighted by Gasteiger charge is -2.11. The summed E-state index contributed by atoms with van der Waals surface area (Å²) in [5.41, 5.74) is 0. The van der Waals surface area contributed by atoms with Crippen molar-refractivity contribution in [1.82, 2.24) is 25.4 Å². The predicted molar refractivity (Wildman–Crippen MR) is 107 cm³/mol. The number of guanidine groups is 1. The fraction of sp³-hybridized carbons (Fsp3) is 0.357. The third kappa shape index (κ3) is 6.96.